The number of nitrogens with zero attached hydrogens (tertiary/aromatic N) is 3. The van der Waals surface area contributed by atoms with Crippen LogP contribution in [0.4, 0.5) is 5.82 Å². The van der Waals surface area contributed by atoms with Crippen LogP contribution in [-0.2, 0) is 0 Å². The van der Waals surface area contributed by atoms with Crippen LogP contribution in [0, 0.1) is 5.92 Å². The molecule has 2 atom stereocenters. The van der Waals surface area contributed by atoms with Crippen LogP contribution in [-0.4, -0.2) is 29.1 Å². The lowest BCUT2D eigenvalue weighted by molar-refractivity contribution is 0.378. The molecule has 82 valence electrons. The van der Waals surface area contributed by atoms with E-state index < -0.39 is 0 Å². The Labute approximate surface area is 94.5 Å². The standard InChI is InChI=1S/C10H15ClN4/c1-7-2-3-15(6-8(7)12)10-5-13-4-9(11)14-10/h4-5,7-8H,2-3,6,12H2,1H3. The Balaban J connectivity index is 2.12. The first-order chi connectivity index (χ1) is 7.16. The van der Waals surface area contributed by atoms with Crippen molar-refractivity contribution in [3.05, 3.63) is 17.5 Å². The third-order valence-electron chi connectivity index (χ3n) is 2.93. The number of halogens is 1. The zero-order valence-electron chi connectivity index (χ0n) is 8.73. The molecule has 2 rings (SSSR count). The Morgan fingerprint density at radius 3 is 3.00 bits per heavy atom. The largest absolute Gasteiger partial charge is 0.354 e. The number of aromatic nitrogens is 2. The smallest absolute Gasteiger partial charge is 0.149 e. The Morgan fingerprint density at radius 1 is 1.53 bits per heavy atom. The minimum Gasteiger partial charge on any atom is -0.354 e. The number of rotatable bonds is 1. The van der Waals surface area contributed by atoms with Crippen molar-refractivity contribution in [2.75, 3.05) is 18.0 Å². The van der Waals surface area contributed by atoms with Gasteiger partial charge in [0.2, 0.25) is 0 Å². The van der Waals surface area contributed by atoms with Gasteiger partial charge in [0, 0.05) is 19.1 Å². The fourth-order valence-corrected chi connectivity index (χ4v) is 1.94. The number of anilines is 1. The van der Waals surface area contributed by atoms with Gasteiger partial charge in [-0.15, -0.1) is 0 Å². The van der Waals surface area contributed by atoms with Crippen LogP contribution < -0.4 is 10.6 Å². The van der Waals surface area contributed by atoms with Gasteiger partial charge >= 0.3 is 0 Å². The Kier molecular flexibility index (Phi) is 3.07. The normalized spacial score (nSPS) is 26.7. The van der Waals surface area contributed by atoms with Gasteiger partial charge in [-0.25, -0.2) is 4.98 Å². The molecule has 0 spiro atoms. The van der Waals surface area contributed by atoms with Crippen LogP contribution >= 0.6 is 11.6 Å². The minimum atomic E-state index is 0.208. The maximum absolute atomic E-state index is 6.02. The molecule has 5 heteroatoms. The van der Waals surface area contributed by atoms with Crippen molar-refractivity contribution >= 4 is 17.4 Å². The highest BCUT2D eigenvalue weighted by Gasteiger charge is 2.23. The predicted octanol–water partition coefficient (Wildman–Crippen LogP) is 1.30. The molecule has 1 aromatic heterocycles. The van der Waals surface area contributed by atoms with Crippen LogP contribution in [0.25, 0.3) is 0 Å². The first kappa shape index (κ1) is 10.6. The van der Waals surface area contributed by atoms with Gasteiger partial charge < -0.3 is 10.6 Å². The highest BCUT2D eigenvalue weighted by molar-refractivity contribution is 6.29. The molecule has 2 unspecified atom stereocenters. The highest BCUT2D eigenvalue weighted by atomic mass is 35.5. The fraction of sp³-hybridized carbons (Fsp3) is 0.600. The second kappa shape index (κ2) is 4.33. The summed E-state index contributed by atoms with van der Waals surface area (Å²) >= 11 is 5.80. The van der Waals surface area contributed by atoms with E-state index in [4.69, 9.17) is 17.3 Å². The molecule has 0 aliphatic carbocycles. The van der Waals surface area contributed by atoms with E-state index in [0.717, 1.165) is 25.3 Å². The molecule has 4 nitrogen and oxygen atoms in total. The van der Waals surface area contributed by atoms with E-state index in [1.165, 1.54) is 6.20 Å². The summed E-state index contributed by atoms with van der Waals surface area (Å²) in [7, 11) is 0. The van der Waals surface area contributed by atoms with Gasteiger partial charge in [-0.1, -0.05) is 18.5 Å². The maximum atomic E-state index is 6.02. The van der Waals surface area contributed by atoms with Gasteiger partial charge in [0.25, 0.3) is 0 Å². The van der Waals surface area contributed by atoms with Crippen LogP contribution in [0.15, 0.2) is 12.4 Å². The molecule has 0 saturated carbocycles. The van der Waals surface area contributed by atoms with Gasteiger partial charge in [-0.3, -0.25) is 4.98 Å². The maximum Gasteiger partial charge on any atom is 0.149 e. The van der Waals surface area contributed by atoms with Crippen molar-refractivity contribution in [1.29, 1.82) is 0 Å². The summed E-state index contributed by atoms with van der Waals surface area (Å²) in [5, 5.41) is 0.430. The van der Waals surface area contributed by atoms with Crippen LogP contribution in [0.2, 0.25) is 5.15 Å². The molecule has 0 amide bonds. The first-order valence-corrected chi connectivity index (χ1v) is 5.52. The Bertz CT molecular complexity index is 344. The molecule has 0 radical (unpaired) electrons. The van der Waals surface area contributed by atoms with Crippen LogP contribution in [0.3, 0.4) is 0 Å². The third-order valence-corrected chi connectivity index (χ3v) is 3.11. The third kappa shape index (κ3) is 2.38. The van der Waals surface area contributed by atoms with Gasteiger partial charge in [0.1, 0.15) is 11.0 Å². The Hall–Kier alpha value is -0.870. The summed E-state index contributed by atoms with van der Waals surface area (Å²) in [5.74, 6) is 1.40. The summed E-state index contributed by atoms with van der Waals surface area (Å²) in [6.45, 7) is 3.99. The number of hydrogen-bond acceptors (Lipinski definition) is 4. The lowest BCUT2D eigenvalue weighted by Gasteiger charge is -2.35. The zero-order valence-corrected chi connectivity index (χ0v) is 9.48. The van der Waals surface area contributed by atoms with Crippen molar-refractivity contribution in [1.82, 2.24) is 9.97 Å². The summed E-state index contributed by atoms with van der Waals surface area (Å²) in [6.07, 6.45) is 4.36. The second-order valence-corrected chi connectivity index (χ2v) is 4.46. The molecule has 2 heterocycles. The Morgan fingerprint density at radius 2 is 2.33 bits per heavy atom. The molecule has 1 aliphatic rings. The van der Waals surface area contributed by atoms with E-state index in [2.05, 4.69) is 21.8 Å². The van der Waals surface area contributed by atoms with E-state index in [9.17, 15) is 0 Å². The molecule has 1 aromatic rings. The van der Waals surface area contributed by atoms with Gasteiger partial charge in [-0.2, -0.15) is 0 Å². The molecule has 0 bridgehead atoms. The van der Waals surface area contributed by atoms with E-state index in [-0.39, 0.29) is 6.04 Å². The van der Waals surface area contributed by atoms with Crippen molar-refractivity contribution < 1.29 is 0 Å². The van der Waals surface area contributed by atoms with Crippen LogP contribution in [0.5, 0.6) is 0 Å². The average molecular weight is 227 g/mol. The van der Waals surface area contributed by atoms with Gasteiger partial charge in [-0.05, 0) is 12.3 Å². The quantitative estimate of drug-likeness (QED) is 0.785. The lowest BCUT2D eigenvalue weighted by Crippen LogP contribution is -2.47. The summed E-state index contributed by atoms with van der Waals surface area (Å²) in [6, 6.07) is 0.208. The highest BCUT2D eigenvalue weighted by Crippen LogP contribution is 2.20. The predicted molar refractivity (Wildman–Crippen MR) is 61.0 cm³/mol. The number of piperidine rings is 1. The average Bonchev–Trinajstić information content (AvgIpc) is 2.22. The fourth-order valence-electron chi connectivity index (χ4n) is 1.79. The second-order valence-electron chi connectivity index (χ2n) is 4.08. The molecule has 0 aromatic carbocycles. The zero-order chi connectivity index (χ0) is 10.8. The molecular weight excluding hydrogens is 212 g/mol. The van der Waals surface area contributed by atoms with Crippen LogP contribution in [0.1, 0.15) is 13.3 Å². The van der Waals surface area contributed by atoms with Crippen molar-refractivity contribution in [3.8, 4) is 0 Å². The molecular formula is C10H15ClN4. The molecule has 15 heavy (non-hydrogen) atoms. The van der Waals surface area contributed by atoms with E-state index in [1.807, 2.05) is 0 Å². The van der Waals surface area contributed by atoms with E-state index in [0.29, 0.717) is 11.1 Å². The molecule has 2 N–H and O–H groups in total. The summed E-state index contributed by atoms with van der Waals surface area (Å²) < 4.78 is 0. The van der Waals surface area contributed by atoms with Gasteiger partial charge in [0.15, 0.2) is 0 Å². The van der Waals surface area contributed by atoms with E-state index >= 15 is 0 Å². The van der Waals surface area contributed by atoms with E-state index in [1.54, 1.807) is 6.20 Å². The van der Waals surface area contributed by atoms with Crippen molar-refractivity contribution in [3.63, 3.8) is 0 Å². The molecule has 1 saturated heterocycles. The first-order valence-electron chi connectivity index (χ1n) is 5.15. The monoisotopic (exact) mass is 226 g/mol. The summed E-state index contributed by atoms with van der Waals surface area (Å²) in [4.78, 5) is 10.4. The number of nitrogens with two attached hydrogens (primary N) is 1. The lowest BCUT2D eigenvalue weighted by atomic mass is 9.94. The minimum absolute atomic E-state index is 0.208. The topological polar surface area (TPSA) is 55.0 Å². The molecule has 1 aliphatic heterocycles. The summed E-state index contributed by atoms with van der Waals surface area (Å²) in [5.41, 5.74) is 6.02. The van der Waals surface area contributed by atoms with Gasteiger partial charge in [0.05, 0.1) is 12.4 Å². The SMILES string of the molecule is CC1CCN(c2cncc(Cl)n2)CC1N. The van der Waals surface area contributed by atoms with Crippen molar-refractivity contribution in [2.24, 2.45) is 11.7 Å². The molecule has 1 fully saturated rings. The van der Waals surface area contributed by atoms with Crippen molar-refractivity contribution in [2.45, 2.75) is 19.4 Å². The number of hydrogen-bond donors (Lipinski definition) is 1.